The molecular formula is C15H21N3O2S2. The maximum atomic E-state index is 12.3. The second kappa shape index (κ2) is 7.48. The molecule has 1 N–H and O–H groups in total. The lowest BCUT2D eigenvalue weighted by atomic mass is 10.2. The second-order valence-corrected chi connectivity index (χ2v) is 7.54. The van der Waals surface area contributed by atoms with Crippen LogP contribution < -0.4 is 5.32 Å². The molecule has 2 saturated heterocycles. The molecule has 0 radical (unpaired) electrons. The Kier molecular flexibility index (Phi) is 5.38. The molecule has 2 fully saturated rings. The Hall–Kier alpha value is -1.05. The lowest BCUT2D eigenvalue weighted by molar-refractivity contribution is -0.133. The average Bonchev–Trinajstić information content (AvgIpc) is 3.10. The highest BCUT2D eigenvalue weighted by Crippen LogP contribution is 2.14. The van der Waals surface area contributed by atoms with E-state index in [0.717, 1.165) is 23.6 Å². The van der Waals surface area contributed by atoms with Crippen molar-refractivity contribution in [3.63, 3.8) is 0 Å². The molecule has 0 bridgehead atoms. The molecule has 2 aliphatic heterocycles. The van der Waals surface area contributed by atoms with Gasteiger partial charge in [-0.25, -0.2) is 0 Å². The van der Waals surface area contributed by atoms with Crippen molar-refractivity contribution >= 4 is 34.9 Å². The van der Waals surface area contributed by atoms with Crippen LogP contribution in [0, 0.1) is 0 Å². The van der Waals surface area contributed by atoms with E-state index in [2.05, 4.69) is 5.32 Å². The van der Waals surface area contributed by atoms with Crippen molar-refractivity contribution in [2.75, 3.05) is 44.2 Å². The van der Waals surface area contributed by atoms with Crippen LogP contribution in [0.5, 0.6) is 0 Å². The lowest BCUT2D eigenvalue weighted by Crippen LogP contribution is -2.52. The van der Waals surface area contributed by atoms with Gasteiger partial charge in [0.15, 0.2) is 0 Å². The average molecular weight is 339 g/mol. The Morgan fingerprint density at radius 2 is 2.00 bits per heavy atom. The summed E-state index contributed by atoms with van der Waals surface area (Å²) in [4.78, 5) is 28.4. The molecule has 3 heterocycles. The highest BCUT2D eigenvalue weighted by atomic mass is 32.2. The molecule has 120 valence electrons. The highest BCUT2D eigenvalue weighted by Gasteiger charge is 2.26. The van der Waals surface area contributed by atoms with Crippen molar-refractivity contribution in [2.24, 2.45) is 0 Å². The summed E-state index contributed by atoms with van der Waals surface area (Å²) in [6, 6.07) is 2.16. The van der Waals surface area contributed by atoms with E-state index in [1.165, 1.54) is 11.3 Å². The van der Waals surface area contributed by atoms with E-state index < -0.39 is 0 Å². The number of carbonyl (C=O) groups excluding carboxylic acids is 2. The molecule has 0 saturated carbocycles. The molecule has 0 aliphatic carbocycles. The van der Waals surface area contributed by atoms with Gasteiger partial charge in [-0.3, -0.25) is 9.59 Å². The maximum absolute atomic E-state index is 12.3. The monoisotopic (exact) mass is 339 g/mol. The Morgan fingerprint density at radius 3 is 2.64 bits per heavy atom. The van der Waals surface area contributed by atoms with Gasteiger partial charge in [-0.05, 0) is 11.4 Å². The first kappa shape index (κ1) is 15.8. The molecular weight excluding hydrogens is 318 g/mol. The van der Waals surface area contributed by atoms with E-state index in [0.29, 0.717) is 38.6 Å². The van der Waals surface area contributed by atoms with Crippen molar-refractivity contribution in [3.05, 3.63) is 22.4 Å². The number of carbonyl (C=O) groups is 2. The summed E-state index contributed by atoms with van der Waals surface area (Å²) in [5.74, 6) is 2.44. The van der Waals surface area contributed by atoms with Crippen LogP contribution in [-0.2, 0) is 4.79 Å². The van der Waals surface area contributed by atoms with Crippen molar-refractivity contribution in [3.8, 4) is 0 Å². The molecule has 0 spiro atoms. The topological polar surface area (TPSA) is 52.7 Å². The van der Waals surface area contributed by atoms with Gasteiger partial charge in [0.2, 0.25) is 5.91 Å². The van der Waals surface area contributed by atoms with E-state index >= 15 is 0 Å². The minimum Gasteiger partial charge on any atom is -0.339 e. The number of rotatable bonds is 3. The molecule has 5 nitrogen and oxygen atoms in total. The van der Waals surface area contributed by atoms with Gasteiger partial charge in [0.05, 0.1) is 5.56 Å². The number of hydrogen-bond donors (Lipinski definition) is 1. The number of thiophene rings is 1. The molecule has 22 heavy (non-hydrogen) atoms. The van der Waals surface area contributed by atoms with E-state index in [4.69, 9.17) is 0 Å². The van der Waals surface area contributed by atoms with E-state index in [-0.39, 0.29) is 11.8 Å². The summed E-state index contributed by atoms with van der Waals surface area (Å²) in [6.45, 7) is 3.55. The van der Waals surface area contributed by atoms with Crippen LogP contribution in [-0.4, -0.2) is 71.9 Å². The molecule has 1 unspecified atom stereocenters. The standard InChI is InChI=1S/C15H21N3O2S2/c19-14(9-13-11-22-8-2-16-13)17-3-5-18(6-4-17)15(20)12-1-7-21-10-12/h1,7,10,13,16H,2-6,8-9,11H2. The lowest BCUT2D eigenvalue weighted by Gasteiger charge is -2.35. The van der Waals surface area contributed by atoms with E-state index in [1.54, 1.807) is 0 Å². The molecule has 2 aliphatic rings. The molecule has 1 aromatic heterocycles. The Balaban J connectivity index is 1.46. The molecule has 1 atom stereocenters. The molecule has 2 amide bonds. The zero-order valence-electron chi connectivity index (χ0n) is 12.5. The van der Waals surface area contributed by atoms with Gasteiger partial charge >= 0.3 is 0 Å². The summed E-state index contributed by atoms with van der Waals surface area (Å²) in [7, 11) is 0. The fraction of sp³-hybridized carbons (Fsp3) is 0.600. The van der Waals surface area contributed by atoms with Crippen molar-refractivity contribution in [2.45, 2.75) is 12.5 Å². The summed E-state index contributed by atoms with van der Waals surface area (Å²) in [5.41, 5.74) is 0.758. The van der Waals surface area contributed by atoms with Crippen LogP contribution in [0.15, 0.2) is 16.8 Å². The van der Waals surface area contributed by atoms with Gasteiger partial charge in [0, 0.05) is 62.1 Å². The quantitative estimate of drug-likeness (QED) is 0.897. The van der Waals surface area contributed by atoms with Crippen molar-refractivity contribution in [1.29, 1.82) is 0 Å². The smallest absolute Gasteiger partial charge is 0.254 e. The van der Waals surface area contributed by atoms with Gasteiger partial charge in [-0.15, -0.1) is 0 Å². The fourth-order valence-electron chi connectivity index (χ4n) is 2.82. The normalized spacial score (nSPS) is 22.6. The predicted molar refractivity (Wildman–Crippen MR) is 90.5 cm³/mol. The first-order valence-corrected chi connectivity index (χ1v) is 9.74. The summed E-state index contributed by atoms with van der Waals surface area (Å²) in [5, 5.41) is 7.20. The number of nitrogens with one attached hydrogen (secondary N) is 1. The number of piperazine rings is 1. The van der Waals surface area contributed by atoms with E-state index in [1.807, 2.05) is 38.4 Å². The molecule has 1 aromatic rings. The Morgan fingerprint density at radius 1 is 1.23 bits per heavy atom. The van der Waals surface area contributed by atoms with Gasteiger partial charge in [0.25, 0.3) is 5.91 Å². The first-order valence-electron chi connectivity index (χ1n) is 7.64. The number of hydrogen-bond acceptors (Lipinski definition) is 5. The third-order valence-electron chi connectivity index (χ3n) is 4.11. The molecule has 0 aromatic carbocycles. The van der Waals surface area contributed by atoms with Crippen LogP contribution in [0.1, 0.15) is 16.8 Å². The number of thioether (sulfide) groups is 1. The first-order chi connectivity index (χ1) is 10.7. The minimum absolute atomic E-state index is 0.0821. The van der Waals surface area contributed by atoms with Gasteiger partial charge in [-0.1, -0.05) is 0 Å². The molecule has 3 rings (SSSR count). The summed E-state index contributed by atoms with van der Waals surface area (Å²) in [6.07, 6.45) is 0.575. The van der Waals surface area contributed by atoms with Crippen molar-refractivity contribution in [1.82, 2.24) is 15.1 Å². The zero-order chi connectivity index (χ0) is 15.4. The van der Waals surface area contributed by atoms with Crippen LogP contribution >= 0.6 is 23.1 Å². The number of amides is 2. The summed E-state index contributed by atoms with van der Waals surface area (Å²) < 4.78 is 0. The van der Waals surface area contributed by atoms with Crippen LogP contribution in [0.3, 0.4) is 0 Å². The van der Waals surface area contributed by atoms with Crippen molar-refractivity contribution < 1.29 is 9.59 Å². The van der Waals surface area contributed by atoms with Gasteiger partial charge in [-0.2, -0.15) is 23.1 Å². The SMILES string of the molecule is O=C(CC1CSCCN1)N1CCN(C(=O)c2ccsc2)CC1. The third-order valence-corrected chi connectivity index (χ3v) is 5.92. The van der Waals surface area contributed by atoms with E-state index in [9.17, 15) is 9.59 Å². The fourth-order valence-corrected chi connectivity index (χ4v) is 4.40. The Bertz CT molecular complexity index is 507. The Labute approximate surface area is 139 Å². The summed E-state index contributed by atoms with van der Waals surface area (Å²) >= 11 is 3.45. The third kappa shape index (κ3) is 3.83. The van der Waals surface area contributed by atoms with Crippen LogP contribution in [0.4, 0.5) is 0 Å². The predicted octanol–water partition coefficient (Wildman–Crippen LogP) is 1.13. The largest absolute Gasteiger partial charge is 0.339 e. The minimum atomic E-state index is 0.0821. The number of nitrogens with zero attached hydrogens (tertiary/aromatic N) is 2. The molecule has 7 heteroatoms. The highest BCUT2D eigenvalue weighted by molar-refractivity contribution is 7.99. The van der Waals surface area contributed by atoms with Crippen LogP contribution in [0.2, 0.25) is 0 Å². The van der Waals surface area contributed by atoms with Gasteiger partial charge < -0.3 is 15.1 Å². The van der Waals surface area contributed by atoms with Crippen LogP contribution in [0.25, 0.3) is 0 Å². The second-order valence-electron chi connectivity index (χ2n) is 5.62. The maximum Gasteiger partial charge on any atom is 0.254 e. The zero-order valence-corrected chi connectivity index (χ0v) is 14.1. The van der Waals surface area contributed by atoms with Gasteiger partial charge in [0.1, 0.15) is 0 Å².